The number of benzene rings is 1. The zero-order valence-electron chi connectivity index (χ0n) is 13.9. The largest absolute Gasteiger partial charge is 0.497 e. The first-order valence-electron chi connectivity index (χ1n) is 8.24. The van der Waals surface area contributed by atoms with E-state index in [9.17, 15) is 4.79 Å². The maximum atomic E-state index is 12.6. The molecule has 1 aliphatic carbocycles. The maximum absolute atomic E-state index is 12.6. The molecule has 23 heavy (non-hydrogen) atoms. The van der Waals surface area contributed by atoms with Crippen molar-refractivity contribution in [3.63, 3.8) is 0 Å². The normalized spacial score (nSPS) is 13.9. The fraction of sp³-hybridized carbons (Fsp3) is 0.444. The van der Waals surface area contributed by atoms with Crippen LogP contribution in [-0.2, 0) is 12.8 Å². The van der Waals surface area contributed by atoms with Crippen molar-refractivity contribution in [1.82, 2.24) is 15.1 Å². The van der Waals surface area contributed by atoms with E-state index in [1.165, 1.54) is 0 Å². The molecule has 1 fully saturated rings. The van der Waals surface area contributed by atoms with Crippen LogP contribution in [0, 0.1) is 0 Å². The van der Waals surface area contributed by atoms with Crippen LogP contribution in [-0.4, -0.2) is 28.8 Å². The van der Waals surface area contributed by atoms with E-state index in [1.54, 1.807) is 7.11 Å². The van der Waals surface area contributed by atoms with Crippen LogP contribution in [0.25, 0.3) is 5.69 Å². The SMILES string of the molecule is CCc1nn(-c2ccc(OC)cc2)c(CC)c1C(=O)NC1CC1. The molecular formula is C18H23N3O2. The molecule has 0 radical (unpaired) electrons. The van der Waals surface area contributed by atoms with E-state index in [4.69, 9.17) is 4.74 Å². The molecule has 0 unspecified atom stereocenters. The van der Waals surface area contributed by atoms with Gasteiger partial charge in [-0.3, -0.25) is 4.79 Å². The summed E-state index contributed by atoms with van der Waals surface area (Å²) >= 11 is 0. The van der Waals surface area contributed by atoms with E-state index in [0.717, 1.165) is 54.1 Å². The summed E-state index contributed by atoms with van der Waals surface area (Å²) in [6.07, 6.45) is 3.67. The Morgan fingerprint density at radius 1 is 1.26 bits per heavy atom. The second-order valence-electron chi connectivity index (χ2n) is 5.83. The van der Waals surface area contributed by atoms with Crippen LogP contribution in [0.4, 0.5) is 0 Å². The van der Waals surface area contributed by atoms with Crippen LogP contribution < -0.4 is 10.1 Å². The number of amides is 1. The van der Waals surface area contributed by atoms with Crippen LogP contribution in [0.3, 0.4) is 0 Å². The Balaban J connectivity index is 2.02. The third-order valence-corrected chi connectivity index (χ3v) is 4.18. The van der Waals surface area contributed by atoms with Gasteiger partial charge in [0, 0.05) is 6.04 Å². The van der Waals surface area contributed by atoms with Crippen LogP contribution in [0.5, 0.6) is 5.75 Å². The molecule has 1 N–H and O–H groups in total. The molecule has 1 saturated carbocycles. The monoisotopic (exact) mass is 313 g/mol. The highest BCUT2D eigenvalue weighted by Gasteiger charge is 2.28. The lowest BCUT2D eigenvalue weighted by atomic mass is 10.1. The van der Waals surface area contributed by atoms with E-state index in [-0.39, 0.29) is 5.91 Å². The third-order valence-electron chi connectivity index (χ3n) is 4.18. The third kappa shape index (κ3) is 3.09. The van der Waals surface area contributed by atoms with E-state index in [2.05, 4.69) is 17.3 Å². The molecule has 122 valence electrons. The number of rotatable bonds is 6. The van der Waals surface area contributed by atoms with Crippen LogP contribution in [0.2, 0.25) is 0 Å². The van der Waals surface area contributed by atoms with Gasteiger partial charge in [-0.05, 0) is 49.9 Å². The average Bonchev–Trinajstić information content (AvgIpc) is 3.31. The number of nitrogens with zero attached hydrogens (tertiary/aromatic N) is 2. The Morgan fingerprint density at radius 2 is 1.96 bits per heavy atom. The van der Waals surface area contributed by atoms with Crippen molar-refractivity contribution in [2.24, 2.45) is 0 Å². The van der Waals surface area contributed by atoms with Gasteiger partial charge < -0.3 is 10.1 Å². The standard InChI is InChI=1S/C18H23N3O2/c1-4-15-17(18(22)19-12-6-7-12)16(5-2)21(20-15)13-8-10-14(23-3)11-9-13/h8-12H,4-7H2,1-3H3,(H,19,22). The molecule has 0 aliphatic heterocycles. The molecule has 0 spiro atoms. The number of aromatic nitrogens is 2. The fourth-order valence-corrected chi connectivity index (χ4v) is 2.76. The lowest BCUT2D eigenvalue weighted by molar-refractivity contribution is 0.0949. The zero-order valence-corrected chi connectivity index (χ0v) is 13.9. The average molecular weight is 313 g/mol. The summed E-state index contributed by atoms with van der Waals surface area (Å²) in [5, 5.41) is 7.78. The molecule has 1 aliphatic rings. The summed E-state index contributed by atoms with van der Waals surface area (Å²) in [6, 6.07) is 8.10. The maximum Gasteiger partial charge on any atom is 0.255 e. The topological polar surface area (TPSA) is 56.2 Å². The first-order valence-corrected chi connectivity index (χ1v) is 8.24. The van der Waals surface area contributed by atoms with Gasteiger partial charge >= 0.3 is 0 Å². The van der Waals surface area contributed by atoms with E-state index < -0.39 is 0 Å². The number of ether oxygens (including phenoxy) is 1. The summed E-state index contributed by atoms with van der Waals surface area (Å²) in [6.45, 7) is 4.10. The van der Waals surface area contributed by atoms with Crippen molar-refractivity contribution in [3.05, 3.63) is 41.2 Å². The summed E-state index contributed by atoms with van der Waals surface area (Å²) in [5.74, 6) is 0.822. The predicted octanol–water partition coefficient (Wildman–Crippen LogP) is 2.90. The molecular weight excluding hydrogens is 290 g/mol. The van der Waals surface area contributed by atoms with Gasteiger partial charge in [-0.25, -0.2) is 4.68 Å². The first-order chi connectivity index (χ1) is 11.2. The first kappa shape index (κ1) is 15.6. The summed E-state index contributed by atoms with van der Waals surface area (Å²) in [5.41, 5.74) is 3.52. The minimum Gasteiger partial charge on any atom is -0.497 e. The fourth-order valence-electron chi connectivity index (χ4n) is 2.76. The molecule has 5 nitrogen and oxygen atoms in total. The molecule has 1 heterocycles. The highest BCUT2D eigenvalue weighted by Crippen LogP contribution is 2.24. The quantitative estimate of drug-likeness (QED) is 0.892. The molecule has 3 rings (SSSR count). The highest BCUT2D eigenvalue weighted by molar-refractivity contribution is 5.97. The van der Waals surface area contributed by atoms with Gasteiger partial charge in [0.05, 0.1) is 29.7 Å². The number of hydrogen-bond donors (Lipinski definition) is 1. The van der Waals surface area contributed by atoms with Gasteiger partial charge in [-0.2, -0.15) is 5.10 Å². The van der Waals surface area contributed by atoms with Crippen molar-refractivity contribution in [2.45, 2.75) is 45.6 Å². The second-order valence-corrected chi connectivity index (χ2v) is 5.83. The van der Waals surface area contributed by atoms with Crippen molar-refractivity contribution in [1.29, 1.82) is 0 Å². The molecule has 1 aromatic carbocycles. The van der Waals surface area contributed by atoms with Crippen LogP contribution in [0.15, 0.2) is 24.3 Å². The summed E-state index contributed by atoms with van der Waals surface area (Å²) in [4.78, 5) is 12.6. The van der Waals surface area contributed by atoms with Crippen LogP contribution >= 0.6 is 0 Å². The number of aryl methyl sites for hydroxylation is 1. The van der Waals surface area contributed by atoms with Crippen molar-refractivity contribution >= 4 is 5.91 Å². The molecule has 0 saturated heterocycles. The Bertz CT molecular complexity index is 700. The molecule has 1 amide bonds. The van der Waals surface area contributed by atoms with Crippen molar-refractivity contribution < 1.29 is 9.53 Å². The summed E-state index contributed by atoms with van der Waals surface area (Å²) < 4.78 is 7.10. The van der Waals surface area contributed by atoms with E-state index in [0.29, 0.717) is 6.04 Å². The second kappa shape index (κ2) is 6.44. The van der Waals surface area contributed by atoms with E-state index in [1.807, 2.05) is 35.9 Å². The van der Waals surface area contributed by atoms with Gasteiger partial charge in [0.25, 0.3) is 5.91 Å². The van der Waals surface area contributed by atoms with Gasteiger partial charge in [0.15, 0.2) is 0 Å². The highest BCUT2D eigenvalue weighted by atomic mass is 16.5. The number of nitrogens with one attached hydrogen (secondary N) is 1. The predicted molar refractivity (Wildman–Crippen MR) is 89.4 cm³/mol. The minimum atomic E-state index is 0.0148. The smallest absolute Gasteiger partial charge is 0.255 e. The van der Waals surface area contributed by atoms with Crippen molar-refractivity contribution in [2.75, 3.05) is 7.11 Å². The van der Waals surface area contributed by atoms with E-state index >= 15 is 0 Å². The zero-order chi connectivity index (χ0) is 16.4. The molecule has 1 aromatic heterocycles. The Morgan fingerprint density at radius 3 is 2.48 bits per heavy atom. The number of carbonyl (C=O) groups is 1. The number of methoxy groups -OCH3 is 1. The molecule has 2 aromatic rings. The Labute approximate surface area is 136 Å². The minimum absolute atomic E-state index is 0.0148. The molecule has 5 heteroatoms. The Hall–Kier alpha value is -2.30. The van der Waals surface area contributed by atoms with Gasteiger partial charge in [0.1, 0.15) is 5.75 Å². The lowest BCUT2D eigenvalue weighted by Gasteiger charge is -2.09. The summed E-state index contributed by atoms with van der Waals surface area (Å²) in [7, 11) is 1.65. The van der Waals surface area contributed by atoms with Crippen LogP contribution in [0.1, 0.15) is 48.4 Å². The van der Waals surface area contributed by atoms with Gasteiger partial charge in [-0.1, -0.05) is 13.8 Å². The molecule has 0 atom stereocenters. The van der Waals surface area contributed by atoms with Gasteiger partial charge in [-0.15, -0.1) is 0 Å². The number of carbonyl (C=O) groups excluding carboxylic acids is 1. The van der Waals surface area contributed by atoms with Gasteiger partial charge in [0.2, 0.25) is 0 Å². The molecule has 0 bridgehead atoms. The number of hydrogen-bond acceptors (Lipinski definition) is 3. The lowest BCUT2D eigenvalue weighted by Crippen LogP contribution is -2.27. The Kier molecular flexibility index (Phi) is 4.37. The van der Waals surface area contributed by atoms with Crippen molar-refractivity contribution in [3.8, 4) is 11.4 Å².